The summed E-state index contributed by atoms with van der Waals surface area (Å²) in [5, 5.41) is 9.91. The van der Waals surface area contributed by atoms with E-state index >= 15 is 0 Å². The van der Waals surface area contributed by atoms with E-state index in [9.17, 15) is 14.7 Å². The highest BCUT2D eigenvalue weighted by atomic mass is 35.5. The van der Waals surface area contributed by atoms with Crippen molar-refractivity contribution >= 4 is 23.5 Å². The van der Waals surface area contributed by atoms with E-state index in [-0.39, 0.29) is 18.1 Å². The molecule has 1 aromatic rings. The van der Waals surface area contributed by atoms with Crippen LogP contribution in [0.3, 0.4) is 0 Å². The molecule has 1 N–H and O–H groups in total. The lowest BCUT2D eigenvalue weighted by molar-refractivity contribution is -0.155. The Bertz CT molecular complexity index is 1100. The molecule has 8 heteroatoms. The maximum Gasteiger partial charge on any atom is 0.307 e. The molecule has 0 aromatic heterocycles. The highest BCUT2D eigenvalue weighted by molar-refractivity contribution is 6.32. The lowest BCUT2D eigenvalue weighted by Crippen LogP contribution is -2.55. The molecule has 0 bridgehead atoms. The summed E-state index contributed by atoms with van der Waals surface area (Å²) in [5.41, 5.74) is 2.55. The number of hydrogen-bond acceptors (Lipinski definition) is 5. The van der Waals surface area contributed by atoms with Crippen molar-refractivity contribution in [1.82, 2.24) is 4.90 Å². The Morgan fingerprint density at radius 3 is 2.70 bits per heavy atom. The quantitative estimate of drug-likeness (QED) is 0.694. The maximum absolute atomic E-state index is 13.6. The molecule has 3 atom stereocenters. The number of carbonyl (C=O) groups is 2. The normalized spacial score (nSPS) is 24.7. The third kappa shape index (κ3) is 3.99. The van der Waals surface area contributed by atoms with Crippen molar-refractivity contribution in [2.75, 3.05) is 13.7 Å². The van der Waals surface area contributed by atoms with E-state index in [2.05, 4.69) is 0 Å². The Morgan fingerprint density at radius 2 is 2.06 bits per heavy atom. The largest absolute Gasteiger partial charge is 0.498 e. The molecule has 7 nitrogen and oxygen atoms in total. The second kappa shape index (κ2) is 8.45. The van der Waals surface area contributed by atoms with Crippen LogP contribution in [0.2, 0.25) is 0 Å². The number of halogens is 1. The van der Waals surface area contributed by atoms with E-state index in [0.29, 0.717) is 27.8 Å². The van der Waals surface area contributed by atoms with Crippen LogP contribution in [0.4, 0.5) is 0 Å². The lowest BCUT2D eigenvalue weighted by Gasteiger charge is -2.46. The Morgan fingerprint density at radius 1 is 1.33 bits per heavy atom. The Labute approximate surface area is 198 Å². The number of rotatable bonds is 4. The van der Waals surface area contributed by atoms with Gasteiger partial charge in [-0.3, -0.25) is 14.5 Å². The van der Waals surface area contributed by atoms with E-state index in [1.807, 2.05) is 52.0 Å². The molecule has 2 aliphatic heterocycles. The van der Waals surface area contributed by atoms with Gasteiger partial charge >= 0.3 is 5.97 Å². The van der Waals surface area contributed by atoms with Gasteiger partial charge in [-0.25, -0.2) is 0 Å². The van der Waals surface area contributed by atoms with Crippen molar-refractivity contribution in [1.29, 1.82) is 0 Å². The van der Waals surface area contributed by atoms with Crippen LogP contribution >= 0.6 is 11.6 Å². The summed E-state index contributed by atoms with van der Waals surface area (Å²) < 4.78 is 17.5. The third-order valence-electron chi connectivity index (χ3n) is 6.37. The van der Waals surface area contributed by atoms with E-state index in [0.717, 1.165) is 11.1 Å². The van der Waals surface area contributed by atoms with Gasteiger partial charge in [0, 0.05) is 0 Å². The molecule has 0 fully saturated rings. The standard InChI is InChI=1S/C25H28ClNO6/c1-13-14(7-6-8-18(13)31-5)15-9-17(26)16-11-32-12-20(25(2,3)4)27-22(16)23(15)33-19(24(27)30)10-21(28)29/h6-9,11,15,19-20H,10,12H2,1-5H3,(H,28,29)/t15-,19-,20+/m1/s1. The van der Waals surface area contributed by atoms with Gasteiger partial charge in [-0.05, 0) is 35.6 Å². The first-order chi connectivity index (χ1) is 15.5. The third-order valence-corrected chi connectivity index (χ3v) is 6.70. The van der Waals surface area contributed by atoms with Gasteiger partial charge in [-0.15, -0.1) is 0 Å². The lowest BCUT2D eigenvalue weighted by atomic mass is 9.81. The van der Waals surface area contributed by atoms with Crippen molar-refractivity contribution in [2.24, 2.45) is 5.41 Å². The van der Waals surface area contributed by atoms with Crippen LogP contribution < -0.4 is 4.74 Å². The van der Waals surface area contributed by atoms with Crippen LogP contribution in [0.15, 0.2) is 52.6 Å². The van der Waals surface area contributed by atoms with E-state index < -0.39 is 30.3 Å². The molecule has 1 amide bonds. The van der Waals surface area contributed by atoms with E-state index in [4.69, 9.17) is 25.8 Å². The van der Waals surface area contributed by atoms with Crippen LogP contribution in [-0.2, 0) is 19.1 Å². The first kappa shape index (κ1) is 23.2. The number of carboxylic acids is 1. The zero-order valence-corrected chi connectivity index (χ0v) is 20.1. The number of hydrogen-bond donors (Lipinski definition) is 1. The van der Waals surface area contributed by atoms with Crippen molar-refractivity contribution in [3.05, 3.63) is 63.7 Å². The molecule has 4 rings (SSSR count). The first-order valence-electron chi connectivity index (χ1n) is 10.8. The maximum atomic E-state index is 13.6. The smallest absolute Gasteiger partial charge is 0.307 e. The van der Waals surface area contributed by atoms with Gasteiger partial charge < -0.3 is 19.3 Å². The molecule has 0 radical (unpaired) electrons. The number of nitrogens with zero attached hydrogens (tertiary/aromatic N) is 1. The summed E-state index contributed by atoms with van der Waals surface area (Å²) >= 11 is 6.74. The summed E-state index contributed by atoms with van der Waals surface area (Å²) in [5.74, 6) is -0.727. The predicted molar refractivity (Wildman–Crippen MR) is 123 cm³/mol. The minimum Gasteiger partial charge on any atom is -0.498 e. The van der Waals surface area contributed by atoms with Crippen LogP contribution in [0.25, 0.3) is 0 Å². The summed E-state index contributed by atoms with van der Waals surface area (Å²) in [4.78, 5) is 26.8. The monoisotopic (exact) mass is 473 g/mol. The Hall–Kier alpha value is -2.93. The molecule has 1 aliphatic carbocycles. The van der Waals surface area contributed by atoms with Crippen molar-refractivity contribution in [3.8, 4) is 5.75 Å². The topological polar surface area (TPSA) is 85.3 Å². The number of amides is 1. The zero-order valence-electron chi connectivity index (χ0n) is 19.3. The summed E-state index contributed by atoms with van der Waals surface area (Å²) in [6.07, 6.45) is 1.82. The highest BCUT2D eigenvalue weighted by Gasteiger charge is 2.49. The fourth-order valence-electron chi connectivity index (χ4n) is 4.62. The van der Waals surface area contributed by atoms with E-state index in [1.54, 1.807) is 18.3 Å². The molecule has 0 saturated carbocycles. The number of carbonyl (C=O) groups excluding carboxylic acids is 1. The average molecular weight is 474 g/mol. The number of aliphatic carboxylic acids is 1. The first-order valence-corrected chi connectivity index (χ1v) is 11.2. The van der Waals surface area contributed by atoms with Crippen LogP contribution in [0, 0.1) is 12.3 Å². The van der Waals surface area contributed by atoms with Gasteiger partial charge in [0.1, 0.15) is 18.1 Å². The van der Waals surface area contributed by atoms with Crippen LogP contribution in [-0.4, -0.2) is 47.7 Å². The second-order valence-corrected chi connectivity index (χ2v) is 9.95. The molecule has 0 unspecified atom stereocenters. The second-order valence-electron chi connectivity index (χ2n) is 9.54. The molecule has 3 aliphatic rings. The molecular formula is C25H28ClNO6. The zero-order chi connectivity index (χ0) is 24.1. The van der Waals surface area contributed by atoms with Gasteiger partial charge in [0.15, 0.2) is 6.10 Å². The number of benzene rings is 1. The predicted octanol–water partition coefficient (Wildman–Crippen LogP) is 4.47. The van der Waals surface area contributed by atoms with Gasteiger partial charge in [0.05, 0.1) is 48.1 Å². The fraction of sp³-hybridized carbons (Fsp3) is 0.440. The van der Waals surface area contributed by atoms with Crippen molar-refractivity contribution in [2.45, 2.75) is 52.2 Å². The summed E-state index contributed by atoms with van der Waals surface area (Å²) in [7, 11) is 1.61. The Kier molecular flexibility index (Phi) is 5.95. The minimum atomic E-state index is -1.15. The minimum absolute atomic E-state index is 0.252. The molecular weight excluding hydrogens is 446 g/mol. The van der Waals surface area contributed by atoms with Gasteiger partial charge in [-0.1, -0.05) is 44.5 Å². The molecule has 0 saturated heterocycles. The van der Waals surface area contributed by atoms with Crippen molar-refractivity contribution < 1.29 is 28.9 Å². The highest BCUT2D eigenvalue weighted by Crippen LogP contribution is 2.49. The molecule has 176 valence electrons. The number of carboxylic acid groups (broad SMARTS) is 1. The van der Waals surface area contributed by atoms with Gasteiger partial charge in [0.25, 0.3) is 5.91 Å². The summed E-state index contributed by atoms with van der Waals surface area (Å²) in [6, 6.07) is 5.36. The van der Waals surface area contributed by atoms with E-state index in [1.165, 1.54) is 0 Å². The molecule has 2 heterocycles. The van der Waals surface area contributed by atoms with Crippen LogP contribution in [0.1, 0.15) is 44.2 Å². The van der Waals surface area contributed by atoms with Gasteiger partial charge in [-0.2, -0.15) is 0 Å². The fourth-order valence-corrected chi connectivity index (χ4v) is 4.88. The summed E-state index contributed by atoms with van der Waals surface area (Å²) in [6.45, 7) is 8.25. The average Bonchev–Trinajstić information content (AvgIpc) is 2.95. The number of ether oxygens (including phenoxy) is 3. The number of methoxy groups -OCH3 is 1. The number of allylic oxidation sites excluding steroid dienone is 2. The van der Waals surface area contributed by atoms with Crippen LogP contribution in [0.5, 0.6) is 5.75 Å². The Balaban J connectivity index is 1.96. The van der Waals surface area contributed by atoms with Crippen molar-refractivity contribution in [3.63, 3.8) is 0 Å². The molecule has 0 spiro atoms. The molecule has 33 heavy (non-hydrogen) atoms. The van der Waals surface area contributed by atoms with Gasteiger partial charge in [0.2, 0.25) is 0 Å². The SMILES string of the molecule is COc1cccc([C@H]2C=C(Cl)C3=COC[C@@H](C(C)(C)C)N4C(=O)[C@@H](CC(=O)O)OC2=C34)c1C. The molecule has 1 aromatic carbocycles.